The number of unbranched alkanes of at least 4 members (excludes halogenated alkanes) is 2. The van der Waals surface area contributed by atoms with E-state index in [1.54, 1.807) is 13.2 Å². The quantitative estimate of drug-likeness (QED) is 0.576. The zero-order valence-electron chi connectivity index (χ0n) is 10.3. The van der Waals surface area contributed by atoms with Crippen molar-refractivity contribution in [1.29, 1.82) is 0 Å². The Labute approximate surface area is 103 Å². The summed E-state index contributed by atoms with van der Waals surface area (Å²) < 4.78 is 5.10. The summed E-state index contributed by atoms with van der Waals surface area (Å²) >= 11 is 0. The second kappa shape index (κ2) is 8.59. The molecule has 92 valence electrons. The Morgan fingerprint density at radius 3 is 2.41 bits per heavy atom. The van der Waals surface area contributed by atoms with Gasteiger partial charge in [0.25, 0.3) is 0 Å². The molecule has 0 aromatic heterocycles. The van der Waals surface area contributed by atoms with E-state index in [9.17, 15) is 0 Å². The number of methoxy groups -OCH3 is 1. The normalized spacial score (nSPS) is 11.4. The first kappa shape index (κ1) is 13.5. The van der Waals surface area contributed by atoms with Crippen LogP contribution < -0.4 is 4.74 Å². The van der Waals surface area contributed by atoms with Crippen LogP contribution in [0, 0.1) is 0 Å². The molecule has 2 heteroatoms. The lowest BCUT2D eigenvalue weighted by molar-refractivity contribution is 0.342. The number of rotatable bonds is 7. The van der Waals surface area contributed by atoms with E-state index in [0.29, 0.717) is 0 Å². The molecule has 1 rings (SSSR count). The van der Waals surface area contributed by atoms with E-state index in [1.165, 1.54) is 5.56 Å². The van der Waals surface area contributed by atoms with E-state index in [2.05, 4.69) is 12.2 Å². The third-order valence-electron chi connectivity index (χ3n) is 2.44. The van der Waals surface area contributed by atoms with Gasteiger partial charge in [0.15, 0.2) is 0 Å². The van der Waals surface area contributed by atoms with E-state index in [4.69, 9.17) is 9.84 Å². The fourth-order valence-electron chi connectivity index (χ4n) is 1.48. The predicted octanol–water partition coefficient (Wildman–Crippen LogP) is 3.43. The summed E-state index contributed by atoms with van der Waals surface area (Å²) in [6, 6.07) is 8.01. The molecule has 0 heterocycles. The molecule has 1 aromatic rings. The maximum atomic E-state index is 8.55. The van der Waals surface area contributed by atoms with E-state index < -0.39 is 0 Å². The highest BCUT2D eigenvalue weighted by Gasteiger charge is 1.89. The van der Waals surface area contributed by atoms with Gasteiger partial charge in [-0.2, -0.15) is 0 Å². The fraction of sp³-hybridized carbons (Fsp3) is 0.333. The topological polar surface area (TPSA) is 29.5 Å². The zero-order valence-corrected chi connectivity index (χ0v) is 10.3. The second-order valence-electron chi connectivity index (χ2n) is 3.76. The van der Waals surface area contributed by atoms with Gasteiger partial charge < -0.3 is 9.84 Å². The fourth-order valence-corrected chi connectivity index (χ4v) is 1.48. The third-order valence-corrected chi connectivity index (χ3v) is 2.44. The molecule has 0 saturated carbocycles. The van der Waals surface area contributed by atoms with Crippen LogP contribution in [0.15, 0.2) is 42.5 Å². The van der Waals surface area contributed by atoms with E-state index in [1.807, 2.05) is 30.3 Å². The highest BCUT2D eigenvalue weighted by atomic mass is 16.5. The third kappa shape index (κ3) is 5.93. The molecule has 0 fully saturated rings. The maximum absolute atomic E-state index is 8.55. The van der Waals surface area contributed by atoms with Gasteiger partial charge in [-0.05, 0) is 37.0 Å². The van der Waals surface area contributed by atoms with E-state index in [-0.39, 0.29) is 6.61 Å². The second-order valence-corrected chi connectivity index (χ2v) is 3.76. The van der Waals surface area contributed by atoms with Crippen molar-refractivity contribution in [1.82, 2.24) is 0 Å². The van der Waals surface area contributed by atoms with Crippen LogP contribution >= 0.6 is 0 Å². The number of allylic oxidation sites excluding steroid dienone is 2. The summed E-state index contributed by atoms with van der Waals surface area (Å²) in [6.07, 6.45) is 11.3. The summed E-state index contributed by atoms with van der Waals surface area (Å²) in [4.78, 5) is 0. The molecule has 1 N–H and O–H groups in total. The number of ether oxygens (including phenoxy) is 1. The van der Waals surface area contributed by atoms with Crippen LogP contribution in [0.4, 0.5) is 0 Å². The molecule has 0 aliphatic heterocycles. The molecule has 0 unspecified atom stereocenters. The lowest BCUT2D eigenvalue weighted by Crippen LogP contribution is -1.81. The van der Waals surface area contributed by atoms with E-state index in [0.717, 1.165) is 25.0 Å². The molecule has 0 saturated heterocycles. The lowest BCUT2D eigenvalue weighted by atomic mass is 10.1. The molecule has 17 heavy (non-hydrogen) atoms. The summed E-state index contributed by atoms with van der Waals surface area (Å²) in [7, 11) is 1.67. The summed E-state index contributed by atoms with van der Waals surface area (Å²) in [6.45, 7) is 0.141. The molecule has 0 aliphatic rings. The molecule has 2 nitrogen and oxygen atoms in total. The van der Waals surface area contributed by atoms with Crippen LogP contribution in [0.2, 0.25) is 0 Å². The van der Waals surface area contributed by atoms with Crippen LogP contribution in [0.1, 0.15) is 24.8 Å². The van der Waals surface area contributed by atoms with Crippen molar-refractivity contribution in [3.05, 3.63) is 48.1 Å². The minimum atomic E-state index is 0.141. The lowest BCUT2D eigenvalue weighted by Gasteiger charge is -1.98. The van der Waals surface area contributed by atoms with Crippen LogP contribution in [0.3, 0.4) is 0 Å². The van der Waals surface area contributed by atoms with Crippen molar-refractivity contribution in [2.24, 2.45) is 0 Å². The van der Waals surface area contributed by atoms with Gasteiger partial charge in [-0.1, -0.05) is 36.4 Å². The summed E-state index contributed by atoms with van der Waals surface area (Å²) in [5, 5.41) is 8.55. The Morgan fingerprint density at radius 1 is 1.06 bits per heavy atom. The molecular weight excluding hydrogens is 212 g/mol. The maximum Gasteiger partial charge on any atom is 0.118 e. The van der Waals surface area contributed by atoms with Gasteiger partial charge in [0.05, 0.1) is 13.7 Å². The highest BCUT2D eigenvalue weighted by molar-refractivity contribution is 5.50. The van der Waals surface area contributed by atoms with Gasteiger partial charge in [-0.15, -0.1) is 0 Å². The summed E-state index contributed by atoms with van der Waals surface area (Å²) in [5.41, 5.74) is 1.19. The van der Waals surface area contributed by atoms with Crippen molar-refractivity contribution in [3.63, 3.8) is 0 Å². The SMILES string of the molecule is COc1ccc(/C=C/CCC/C=C/CO)cc1. The number of benzene rings is 1. The molecule has 0 bridgehead atoms. The predicted molar refractivity (Wildman–Crippen MR) is 72.1 cm³/mol. The minimum Gasteiger partial charge on any atom is -0.497 e. The first-order valence-corrected chi connectivity index (χ1v) is 5.93. The Morgan fingerprint density at radius 2 is 1.76 bits per heavy atom. The molecule has 0 spiro atoms. The Hall–Kier alpha value is -1.54. The molecule has 0 atom stereocenters. The highest BCUT2D eigenvalue weighted by Crippen LogP contribution is 2.12. The molecule has 0 radical (unpaired) electrons. The van der Waals surface area contributed by atoms with Crippen molar-refractivity contribution in [2.45, 2.75) is 19.3 Å². The average molecular weight is 232 g/mol. The van der Waals surface area contributed by atoms with Crippen molar-refractivity contribution < 1.29 is 9.84 Å². The molecule has 0 aliphatic carbocycles. The molecule has 1 aromatic carbocycles. The van der Waals surface area contributed by atoms with Crippen molar-refractivity contribution in [3.8, 4) is 5.75 Å². The number of hydrogen-bond donors (Lipinski definition) is 1. The van der Waals surface area contributed by atoms with Crippen molar-refractivity contribution in [2.75, 3.05) is 13.7 Å². The average Bonchev–Trinajstić information content (AvgIpc) is 2.38. The Kier molecular flexibility index (Phi) is 6.84. The Balaban J connectivity index is 2.25. The van der Waals surface area contributed by atoms with Crippen LogP contribution in [-0.2, 0) is 0 Å². The van der Waals surface area contributed by atoms with Crippen LogP contribution in [0.5, 0.6) is 5.75 Å². The summed E-state index contributed by atoms with van der Waals surface area (Å²) in [5.74, 6) is 0.885. The first-order chi connectivity index (χ1) is 8.36. The first-order valence-electron chi connectivity index (χ1n) is 5.93. The van der Waals surface area contributed by atoms with Crippen LogP contribution in [0.25, 0.3) is 6.08 Å². The van der Waals surface area contributed by atoms with Gasteiger partial charge in [0.1, 0.15) is 5.75 Å². The van der Waals surface area contributed by atoms with Gasteiger partial charge in [0, 0.05) is 0 Å². The monoisotopic (exact) mass is 232 g/mol. The van der Waals surface area contributed by atoms with Crippen molar-refractivity contribution >= 4 is 6.08 Å². The van der Waals surface area contributed by atoms with E-state index >= 15 is 0 Å². The van der Waals surface area contributed by atoms with Gasteiger partial charge in [-0.3, -0.25) is 0 Å². The minimum absolute atomic E-state index is 0.141. The Bertz CT molecular complexity index is 350. The smallest absolute Gasteiger partial charge is 0.118 e. The van der Waals surface area contributed by atoms with Gasteiger partial charge in [0.2, 0.25) is 0 Å². The molecular formula is C15H20O2. The van der Waals surface area contributed by atoms with Gasteiger partial charge in [-0.25, -0.2) is 0 Å². The number of aliphatic hydroxyl groups excluding tert-OH is 1. The largest absolute Gasteiger partial charge is 0.497 e. The number of aliphatic hydroxyl groups is 1. The standard InChI is InChI=1S/C15H20O2/c1-17-15-11-9-14(10-12-15)8-6-4-2-3-5-7-13-16/h5-12,16H,2-4,13H2,1H3/b7-5+,8-6+. The van der Waals surface area contributed by atoms with Gasteiger partial charge >= 0.3 is 0 Å². The van der Waals surface area contributed by atoms with Crippen LogP contribution in [-0.4, -0.2) is 18.8 Å². The molecule has 0 amide bonds. The zero-order chi connectivity index (χ0) is 12.3. The number of hydrogen-bond acceptors (Lipinski definition) is 2.